The molecule has 0 rings (SSSR count). The zero-order chi connectivity index (χ0) is 11.9. The van der Waals surface area contributed by atoms with E-state index in [1.54, 1.807) is 0 Å². The molecule has 0 saturated carbocycles. The fraction of sp³-hybridized carbons (Fsp3) is 0.400. The first kappa shape index (κ1) is 15.8. The van der Waals surface area contributed by atoms with Gasteiger partial charge in [-0.2, -0.15) is 13.2 Å². The minimum atomic E-state index is -4.46. The number of hydrogen-bond acceptors (Lipinski definition) is 0. The second kappa shape index (κ2) is 6.71. The minimum Gasteiger partial charge on any atom is -0.166 e. The Morgan fingerprint density at radius 2 is 1.64 bits per heavy atom. The average Bonchev–Trinajstić information content (AvgIpc) is 2.04. The predicted octanol–water partition coefficient (Wildman–Crippen LogP) is 4.83. The highest BCUT2D eigenvalue weighted by atomic mass is 35.5. The molecule has 0 aliphatic carbocycles. The van der Waals surface area contributed by atoms with Gasteiger partial charge in [-0.1, -0.05) is 44.7 Å². The molecule has 0 unspecified atom stereocenters. The Morgan fingerprint density at radius 1 is 1.29 bits per heavy atom. The third-order valence-electron chi connectivity index (χ3n) is 1.13. The quantitative estimate of drug-likeness (QED) is 0.592. The van der Waals surface area contributed by atoms with Gasteiger partial charge in [0.1, 0.15) is 0 Å². The van der Waals surface area contributed by atoms with E-state index in [1.807, 2.05) is 13.8 Å². The summed E-state index contributed by atoms with van der Waals surface area (Å²) in [7, 11) is 0. The van der Waals surface area contributed by atoms with E-state index >= 15 is 0 Å². The topological polar surface area (TPSA) is 0 Å². The van der Waals surface area contributed by atoms with E-state index in [1.165, 1.54) is 6.92 Å². The van der Waals surface area contributed by atoms with Gasteiger partial charge in [0.15, 0.2) is 0 Å². The second-order valence-corrected chi connectivity index (χ2v) is 2.61. The van der Waals surface area contributed by atoms with Crippen molar-refractivity contribution in [2.24, 2.45) is 0 Å². The summed E-state index contributed by atoms with van der Waals surface area (Å²) in [5.41, 5.74) is -1.04. The van der Waals surface area contributed by atoms with Crippen molar-refractivity contribution >= 4 is 11.6 Å². The monoisotopic (exact) mass is 226 g/mol. The lowest BCUT2D eigenvalue weighted by atomic mass is 10.1. The van der Waals surface area contributed by atoms with Gasteiger partial charge in [-0.3, -0.25) is 0 Å². The van der Waals surface area contributed by atoms with Gasteiger partial charge in [0.25, 0.3) is 0 Å². The molecule has 0 aliphatic rings. The number of allylic oxidation sites excluding steroid dienone is 4. The molecule has 0 atom stereocenters. The number of rotatable bonds is 2. The molecular weight excluding hydrogens is 213 g/mol. The summed E-state index contributed by atoms with van der Waals surface area (Å²) >= 11 is 5.29. The van der Waals surface area contributed by atoms with Crippen LogP contribution in [-0.4, -0.2) is 6.18 Å². The van der Waals surface area contributed by atoms with Crippen LogP contribution in [0.2, 0.25) is 0 Å². The zero-order valence-corrected chi connectivity index (χ0v) is 9.26. The van der Waals surface area contributed by atoms with Crippen LogP contribution < -0.4 is 0 Å². The number of halogens is 4. The highest BCUT2D eigenvalue weighted by Gasteiger charge is 2.35. The van der Waals surface area contributed by atoms with Crippen molar-refractivity contribution in [3.63, 3.8) is 0 Å². The summed E-state index contributed by atoms with van der Waals surface area (Å²) in [5.74, 6) is 0. The van der Waals surface area contributed by atoms with Crippen molar-refractivity contribution in [2.75, 3.05) is 0 Å². The maximum Gasteiger partial charge on any atom is 0.418 e. The van der Waals surface area contributed by atoms with Gasteiger partial charge in [-0.15, -0.1) is 0 Å². The van der Waals surface area contributed by atoms with Crippen LogP contribution in [0.4, 0.5) is 13.2 Å². The molecule has 82 valence electrons. The largest absolute Gasteiger partial charge is 0.418 e. The van der Waals surface area contributed by atoms with Crippen LogP contribution in [0.25, 0.3) is 0 Å². The van der Waals surface area contributed by atoms with Gasteiger partial charge in [0.2, 0.25) is 0 Å². The summed E-state index contributed by atoms with van der Waals surface area (Å²) in [4.78, 5) is 0. The van der Waals surface area contributed by atoms with Gasteiger partial charge in [-0.05, 0) is 12.5 Å². The molecule has 0 aromatic carbocycles. The lowest BCUT2D eigenvalue weighted by Crippen LogP contribution is -2.13. The Hall–Kier alpha value is -0.700. The molecule has 4 heteroatoms. The smallest absolute Gasteiger partial charge is 0.166 e. The Bertz CT molecular complexity index is 236. The van der Waals surface area contributed by atoms with E-state index in [-0.39, 0.29) is 5.57 Å². The Morgan fingerprint density at radius 3 is 1.71 bits per heavy atom. The summed E-state index contributed by atoms with van der Waals surface area (Å²) in [6.07, 6.45) is -3.52. The molecule has 0 spiro atoms. The van der Waals surface area contributed by atoms with E-state index < -0.39 is 16.8 Å². The lowest BCUT2D eigenvalue weighted by molar-refractivity contribution is -0.0894. The van der Waals surface area contributed by atoms with E-state index in [0.29, 0.717) is 0 Å². The molecule has 14 heavy (non-hydrogen) atoms. The molecule has 0 aromatic rings. The van der Waals surface area contributed by atoms with Crippen LogP contribution >= 0.6 is 11.6 Å². The van der Waals surface area contributed by atoms with Gasteiger partial charge in [0, 0.05) is 0 Å². The normalized spacial score (nSPS) is 12.2. The summed E-state index contributed by atoms with van der Waals surface area (Å²) < 4.78 is 36.5. The average molecular weight is 227 g/mol. The molecule has 0 radical (unpaired) electrons. The molecule has 0 nitrogen and oxygen atoms in total. The van der Waals surface area contributed by atoms with Crippen molar-refractivity contribution in [1.82, 2.24) is 0 Å². The molecule has 0 aliphatic heterocycles. The van der Waals surface area contributed by atoms with Crippen LogP contribution in [0.3, 0.4) is 0 Å². The van der Waals surface area contributed by atoms with Crippen molar-refractivity contribution in [3.05, 3.63) is 35.4 Å². The summed E-state index contributed by atoms with van der Waals surface area (Å²) in [5, 5.41) is -0.421. The number of alkyl halides is 3. The molecule has 0 amide bonds. The Labute approximate surface area is 87.8 Å². The maximum absolute atomic E-state index is 12.2. The highest BCUT2D eigenvalue weighted by molar-refractivity contribution is 6.31. The van der Waals surface area contributed by atoms with Crippen molar-refractivity contribution in [2.45, 2.75) is 26.9 Å². The van der Waals surface area contributed by atoms with Crippen molar-refractivity contribution in [3.8, 4) is 0 Å². The van der Waals surface area contributed by atoms with Crippen LogP contribution in [-0.2, 0) is 0 Å². The lowest BCUT2D eigenvalue weighted by Gasteiger charge is -2.11. The first-order valence-corrected chi connectivity index (χ1v) is 4.43. The predicted molar refractivity (Wildman–Crippen MR) is 55.3 cm³/mol. The molecular formula is C10H14ClF3. The van der Waals surface area contributed by atoms with Gasteiger partial charge in [0.05, 0.1) is 10.6 Å². The molecule has 0 saturated heterocycles. The minimum absolute atomic E-state index is 0.118. The van der Waals surface area contributed by atoms with Gasteiger partial charge >= 0.3 is 6.18 Å². The van der Waals surface area contributed by atoms with E-state index in [4.69, 9.17) is 11.6 Å². The molecule has 0 bridgehead atoms. The summed E-state index contributed by atoms with van der Waals surface area (Å²) in [6, 6.07) is 0. The first-order chi connectivity index (χ1) is 6.30. The van der Waals surface area contributed by atoms with E-state index in [0.717, 1.165) is 6.08 Å². The van der Waals surface area contributed by atoms with Gasteiger partial charge in [-0.25, -0.2) is 0 Å². The fourth-order valence-electron chi connectivity index (χ4n) is 0.683. The SMILES string of the molecule is C=C/C(Cl)=C(\C(=C)C)C(F)(F)F.CC. The molecule has 0 heterocycles. The maximum atomic E-state index is 12.2. The van der Waals surface area contributed by atoms with E-state index in [9.17, 15) is 13.2 Å². The molecule has 0 aromatic heterocycles. The first-order valence-electron chi connectivity index (χ1n) is 4.06. The standard InChI is InChI=1S/C8H8ClF3.C2H6/c1-4-6(9)7(5(2)3)8(10,11)12;1-2/h4H,1-2H2,3H3;1-2H3/b7-6-;. The van der Waals surface area contributed by atoms with Crippen LogP contribution in [0, 0.1) is 0 Å². The molecule has 0 N–H and O–H groups in total. The van der Waals surface area contributed by atoms with Crippen LogP contribution in [0.15, 0.2) is 35.4 Å². The van der Waals surface area contributed by atoms with Crippen molar-refractivity contribution in [1.29, 1.82) is 0 Å². The van der Waals surface area contributed by atoms with E-state index in [2.05, 4.69) is 13.2 Å². The molecule has 0 fully saturated rings. The number of hydrogen-bond donors (Lipinski definition) is 0. The third-order valence-corrected chi connectivity index (χ3v) is 1.47. The van der Waals surface area contributed by atoms with Gasteiger partial charge < -0.3 is 0 Å². The third kappa shape index (κ3) is 5.12. The van der Waals surface area contributed by atoms with Crippen LogP contribution in [0.5, 0.6) is 0 Å². The van der Waals surface area contributed by atoms with Crippen LogP contribution in [0.1, 0.15) is 20.8 Å². The zero-order valence-electron chi connectivity index (χ0n) is 8.50. The Kier molecular flexibility index (Phi) is 7.55. The van der Waals surface area contributed by atoms with Crippen molar-refractivity contribution < 1.29 is 13.2 Å². The highest BCUT2D eigenvalue weighted by Crippen LogP contribution is 2.34. The summed E-state index contributed by atoms with van der Waals surface area (Å²) in [6.45, 7) is 11.6. The second-order valence-electron chi connectivity index (χ2n) is 2.21. The fourth-order valence-corrected chi connectivity index (χ4v) is 0.952. The Balaban J connectivity index is 0.